The van der Waals surface area contributed by atoms with Crippen molar-refractivity contribution in [1.29, 1.82) is 0 Å². The molecule has 0 saturated heterocycles. The third kappa shape index (κ3) is 5.81. The summed E-state index contributed by atoms with van der Waals surface area (Å²) >= 11 is 3.75. The molecular weight excluding hydrogens is 338 g/mol. The van der Waals surface area contributed by atoms with Gasteiger partial charge in [0.05, 0.1) is 37.8 Å². The lowest BCUT2D eigenvalue weighted by Crippen LogP contribution is -2.04. The summed E-state index contributed by atoms with van der Waals surface area (Å²) in [5.74, 6) is 3.86. The van der Waals surface area contributed by atoms with Crippen molar-refractivity contribution in [3.63, 3.8) is 0 Å². The molecule has 1 aromatic heterocycles. The summed E-state index contributed by atoms with van der Waals surface area (Å²) in [6, 6.07) is 14.7. The van der Waals surface area contributed by atoms with Crippen molar-refractivity contribution in [3.05, 3.63) is 65.0 Å². The van der Waals surface area contributed by atoms with Gasteiger partial charge in [-0.05, 0) is 23.3 Å². The van der Waals surface area contributed by atoms with E-state index in [9.17, 15) is 0 Å². The molecule has 5 heteroatoms. The molecule has 1 aromatic carbocycles. The van der Waals surface area contributed by atoms with E-state index in [1.807, 2.05) is 23.5 Å². The van der Waals surface area contributed by atoms with Crippen LogP contribution >= 0.6 is 23.5 Å². The number of pyridine rings is 1. The van der Waals surface area contributed by atoms with E-state index in [0.717, 1.165) is 47.6 Å². The molecule has 0 fully saturated rings. The Bertz CT molecular complexity index is 586. The van der Waals surface area contributed by atoms with Crippen LogP contribution in [0.3, 0.4) is 0 Å². The second kappa shape index (κ2) is 10.1. The van der Waals surface area contributed by atoms with Crippen molar-refractivity contribution in [2.24, 2.45) is 0 Å². The fourth-order valence-electron chi connectivity index (χ4n) is 2.48. The number of rotatable bonds is 0. The predicted octanol–water partition coefficient (Wildman–Crippen LogP) is 4.30. The Morgan fingerprint density at radius 1 is 0.708 bits per heavy atom. The zero-order valence-electron chi connectivity index (χ0n) is 13.8. The second-order valence-corrected chi connectivity index (χ2v) is 7.81. The van der Waals surface area contributed by atoms with E-state index in [0.29, 0.717) is 13.2 Å². The van der Waals surface area contributed by atoms with Gasteiger partial charge in [0.2, 0.25) is 0 Å². The minimum Gasteiger partial charge on any atom is -0.376 e. The van der Waals surface area contributed by atoms with Crippen LogP contribution in [0.25, 0.3) is 0 Å². The molecule has 128 valence electrons. The van der Waals surface area contributed by atoms with Crippen LogP contribution in [-0.2, 0) is 34.2 Å². The van der Waals surface area contributed by atoms with E-state index in [-0.39, 0.29) is 0 Å². The molecule has 0 N–H and O–H groups in total. The molecule has 24 heavy (non-hydrogen) atoms. The van der Waals surface area contributed by atoms with Crippen LogP contribution in [0, 0.1) is 0 Å². The van der Waals surface area contributed by atoms with Crippen molar-refractivity contribution in [1.82, 2.24) is 4.98 Å². The number of hydrogen-bond donors (Lipinski definition) is 0. The number of aromatic nitrogens is 1. The summed E-state index contributed by atoms with van der Waals surface area (Å²) in [6.07, 6.45) is 0. The number of fused-ring (bicyclic) bond motifs is 3. The number of benzene rings is 1. The van der Waals surface area contributed by atoms with Crippen molar-refractivity contribution >= 4 is 23.5 Å². The number of hydrogen-bond acceptors (Lipinski definition) is 5. The fourth-order valence-corrected chi connectivity index (χ4v) is 3.98. The quantitative estimate of drug-likeness (QED) is 0.698. The normalized spacial score (nSPS) is 17.7. The number of thioether (sulfide) groups is 2. The van der Waals surface area contributed by atoms with Gasteiger partial charge in [-0.1, -0.05) is 30.3 Å². The summed E-state index contributed by atoms with van der Waals surface area (Å²) in [4.78, 5) is 4.73. The molecule has 2 aromatic rings. The van der Waals surface area contributed by atoms with Crippen LogP contribution in [0.1, 0.15) is 22.5 Å². The van der Waals surface area contributed by atoms with E-state index in [1.54, 1.807) is 0 Å². The van der Waals surface area contributed by atoms with Crippen molar-refractivity contribution < 1.29 is 9.47 Å². The third-order valence-corrected chi connectivity index (χ3v) is 5.65. The molecule has 0 spiro atoms. The van der Waals surface area contributed by atoms with E-state index in [2.05, 4.69) is 42.5 Å². The van der Waals surface area contributed by atoms with E-state index < -0.39 is 0 Å². The van der Waals surface area contributed by atoms with Crippen LogP contribution in [0.15, 0.2) is 42.5 Å². The topological polar surface area (TPSA) is 31.4 Å². The number of nitrogens with zero attached hydrogens (tertiary/aromatic N) is 1. The fraction of sp³-hybridized carbons (Fsp3) is 0.421. The summed E-state index contributed by atoms with van der Waals surface area (Å²) < 4.78 is 11.7. The van der Waals surface area contributed by atoms with Gasteiger partial charge in [0.15, 0.2) is 0 Å². The van der Waals surface area contributed by atoms with Gasteiger partial charge in [-0.25, -0.2) is 0 Å². The largest absolute Gasteiger partial charge is 0.376 e. The minimum atomic E-state index is 0.655. The van der Waals surface area contributed by atoms with Gasteiger partial charge in [0.25, 0.3) is 0 Å². The van der Waals surface area contributed by atoms with Gasteiger partial charge in [-0.3, -0.25) is 4.98 Å². The van der Waals surface area contributed by atoms with Crippen LogP contribution in [-0.4, -0.2) is 29.7 Å². The molecule has 0 amide bonds. The average molecular weight is 362 g/mol. The van der Waals surface area contributed by atoms with E-state index in [1.165, 1.54) is 11.1 Å². The predicted molar refractivity (Wildman–Crippen MR) is 102 cm³/mol. The molecule has 0 unspecified atom stereocenters. The van der Waals surface area contributed by atoms with Crippen LogP contribution < -0.4 is 0 Å². The lowest BCUT2D eigenvalue weighted by atomic mass is 10.1. The Hall–Kier alpha value is -1.01. The molecule has 2 heterocycles. The standard InChI is InChI=1S/C19H23NO2S2/c1-2-5-17-13-22-9-11-24-15-19-7-3-6-18(20-19)14-23-10-8-21-12-16(17)4-1/h1-7H,8-15H2. The zero-order valence-corrected chi connectivity index (χ0v) is 15.4. The molecular formula is C19H23NO2S2. The third-order valence-electron chi connectivity index (χ3n) is 3.74. The van der Waals surface area contributed by atoms with Gasteiger partial charge in [0, 0.05) is 23.0 Å². The second-order valence-electron chi connectivity index (χ2n) is 5.60. The molecule has 1 aliphatic rings. The average Bonchev–Trinajstić information content (AvgIpc) is 2.62. The Balaban J connectivity index is 1.60. The highest BCUT2D eigenvalue weighted by Crippen LogP contribution is 2.16. The summed E-state index contributed by atoms with van der Waals surface area (Å²) in [5.41, 5.74) is 4.77. The molecule has 1 aliphatic heterocycles. The van der Waals surface area contributed by atoms with Crippen LogP contribution in [0.4, 0.5) is 0 Å². The van der Waals surface area contributed by atoms with Crippen molar-refractivity contribution in [3.8, 4) is 0 Å². The number of ether oxygens (including phenoxy) is 2. The van der Waals surface area contributed by atoms with Crippen LogP contribution in [0.5, 0.6) is 0 Å². The highest BCUT2D eigenvalue weighted by molar-refractivity contribution is 7.98. The summed E-state index contributed by atoms with van der Waals surface area (Å²) in [5, 5.41) is 0. The molecule has 3 nitrogen and oxygen atoms in total. The van der Waals surface area contributed by atoms with Gasteiger partial charge in [-0.15, -0.1) is 0 Å². The first-order valence-corrected chi connectivity index (χ1v) is 10.6. The maximum atomic E-state index is 5.84. The monoisotopic (exact) mass is 361 g/mol. The molecule has 3 rings (SSSR count). The molecule has 0 saturated carbocycles. The Labute approximate surface area is 152 Å². The molecule has 2 bridgehead atoms. The molecule has 0 atom stereocenters. The Morgan fingerprint density at radius 2 is 1.25 bits per heavy atom. The van der Waals surface area contributed by atoms with Crippen molar-refractivity contribution in [2.45, 2.75) is 24.7 Å². The first kappa shape index (κ1) is 17.8. The summed E-state index contributed by atoms with van der Waals surface area (Å²) in [7, 11) is 0. The molecule has 0 radical (unpaired) electrons. The lowest BCUT2D eigenvalue weighted by Gasteiger charge is -2.10. The highest BCUT2D eigenvalue weighted by Gasteiger charge is 2.04. The zero-order chi connectivity index (χ0) is 16.5. The van der Waals surface area contributed by atoms with Gasteiger partial charge in [-0.2, -0.15) is 23.5 Å². The first-order valence-electron chi connectivity index (χ1n) is 8.24. The SMILES string of the molecule is c1cc2nc(c1)CSCCOCc1ccccc1COCCSC2. The maximum absolute atomic E-state index is 5.84. The lowest BCUT2D eigenvalue weighted by molar-refractivity contribution is 0.122. The Morgan fingerprint density at radius 3 is 1.79 bits per heavy atom. The van der Waals surface area contributed by atoms with Gasteiger partial charge in [0.1, 0.15) is 0 Å². The van der Waals surface area contributed by atoms with Crippen LogP contribution in [0.2, 0.25) is 0 Å². The minimum absolute atomic E-state index is 0.655. The van der Waals surface area contributed by atoms with E-state index in [4.69, 9.17) is 14.5 Å². The summed E-state index contributed by atoms with van der Waals surface area (Å²) in [6.45, 7) is 2.83. The van der Waals surface area contributed by atoms with Crippen molar-refractivity contribution in [2.75, 3.05) is 24.7 Å². The Kier molecular flexibility index (Phi) is 7.48. The van der Waals surface area contributed by atoms with Gasteiger partial charge < -0.3 is 9.47 Å². The maximum Gasteiger partial charge on any atom is 0.0720 e. The molecule has 0 aliphatic carbocycles. The van der Waals surface area contributed by atoms with Gasteiger partial charge >= 0.3 is 0 Å². The highest BCUT2D eigenvalue weighted by atomic mass is 32.2. The smallest absolute Gasteiger partial charge is 0.0720 e. The van der Waals surface area contributed by atoms with E-state index >= 15 is 0 Å². The first-order chi connectivity index (χ1) is 11.9.